The van der Waals surface area contributed by atoms with Gasteiger partial charge in [-0.25, -0.2) is 0 Å². The SMILES string of the molecule is S=P(=S)S(=S)(=S)S. The molecule has 0 saturated heterocycles. The maximum absolute atomic E-state index is 4.69. The van der Waals surface area contributed by atoms with E-state index in [1.165, 1.54) is 0 Å². The monoisotopic (exact) mass is 224 g/mol. The molecule has 0 bridgehead atoms. The van der Waals surface area contributed by atoms with Crippen molar-refractivity contribution in [2.45, 2.75) is 0 Å². The lowest BCUT2D eigenvalue weighted by atomic mass is 29.8. The van der Waals surface area contributed by atoms with Crippen LogP contribution in [0, 0.1) is 0 Å². The Morgan fingerprint density at radius 2 is 1.43 bits per heavy atom. The first kappa shape index (κ1) is 8.88. The summed E-state index contributed by atoms with van der Waals surface area (Å²) in [6.45, 7) is 0. The van der Waals surface area contributed by atoms with Gasteiger partial charge in [0.15, 0.2) is 0 Å². The molecule has 0 N–H and O–H groups in total. The Balaban J connectivity index is 4.82. The normalized spacial score (nSPS) is 11.0. The molecule has 7 heteroatoms. The van der Waals surface area contributed by atoms with E-state index in [4.69, 9.17) is 22.4 Å². The van der Waals surface area contributed by atoms with Crippen LogP contribution in [-0.4, -0.2) is 0 Å². The summed E-state index contributed by atoms with van der Waals surface area (Å²) in [7, 11) is 0. The molecule has 0 amide bonds. The van der Waals surface area contributed by atoms with Gasteiger partial charge in [-0.1, -0.05) is 11.7 Å². The van der Waals surface area contributed by atoms with Crippen molar-refractivity contribution in [3.63, 3.8) is 0 Å². The summed E-state index contributed by atoms with van der Waals surface area (Å²) in [6, 6.07) is 0. The molecule has 0 aliphatic carbocycles. The molecule has 0 heterocycles. The zero-order valence-corrected chi connectivity index (χ0v) is 8.81. The van der Waals surface area contributed by atoms with Crippen LogP contribution in [0.25, 0.3) is 0 Å². The second kappa shape index (κ2) is 3.15. The number of thiol groups is 1. The fourth-order valence-electron chi connectivity index (χ4n) is 0. The second-order valence-electron chi connectivity index (χ2n) is 0.671. The predicted octanol–water partition coefficient (Wildman–Crippen LogP) is 1.23. The Hall–Kier alpha value is 1.88. The van der Waals surface area contributed by atoms with E-state index in [0.717, 1.165) is 0 Å². The van der Waals surface area contributed by atoms with E-state index in [1.807, 2.05) is 0 Å². The largest absolute Gasteiger partial charge is 0.0936 e. The minimum atomic E-state index is -1.69. The molecule has 0 aliphatic heterocycles. The van der Waals surface area contributed by atoms with Crippen molar-refractivity contribution in [3.05, 3.63) is 0 Å². The summed E-state index contributed by atoms with van der Waals surface area (Å²) >= 11 is 22.6. The standard InChI is InChI=1S/HPS6/c2-1(3)7(4,5)6/h(H,4,5,6). The Morgan fingerprint density at radius 3 is 1.43 bits per heavy atom. The molecule has 42 valence electrons. The molecule has 0 aliphatic rings. The van der Waals surface area contributed by atoms with Gasteiger partial charge in [-0.2, -0.15) is 0 Å². The Bertz CT molecular complexity index is 192. The van der Waals surface area contributed by atoms with Crippen molar-refractivity contribution in [1.29, 1.82) is 0 Å². The molecule has 0 aromatic heterocycles. The van der Waals surface area contributed by atoms with Crippen molar-refractivity contribution in [3.8, 4) is 0 Å². The zero-order chi connectivity index (χ0) is 6.08. The van der Waals surface area contributed by atoms with Crippen LogP contribution in [0.3, 0.4) is 0 Å². The molecule has 0 aromatic rings. The van der Waals surface area contributed by atoms with Crippen molar-refractivity contribution >= 4 is 68.1 Å². The van der Waals surface area contributed by atoms with Gasteiger partial charge in [0.25, 0.3) is 0 Å². The zero-order valence-electron chi connectivity index (χ0n) is 2.94. The highest BCUT2D eigenvalue weighted by atomic mass is 33.7. The number of hydrogen-bond donors (Lipinski definition) is 1. The first-order valence-corrected chi connectivity index (χ1v) is 9.57. The quantitative estimate of drug-likeness (QED) is 0.404. The molecular weight excluding hydrogens is 223 g/mol. The summed E-state index contributed by atoms with van der Waals surface area (Å²) in [5.74, 6) is -1.69. The van der Waals surface area contributed by atoms with E-state index in [-0.39, 0.29) is 0 Å². The molecule has 0 nitrogen and oxygen atoms in total. The van der Waals surface area contributed by atoms with Gasteiger partial charge < -0.3 is 0 Å². The topological polar surface area (TPSA) is 0 Å². The fourth-order valence-corrected chi connectivity index (χ4v) is 0. The van der Waals surface area contributed by atoms with Crippen LogP contribution in [0.5, 0.6) is 0 Å². The average Bonchev–Trinajstić information content (AvgIpc) is 1.31. The van der Waals surface area contributed by atoms with Crippen LogP contribution in [0.15, 0.2) is 0 Å². The number of rotatable bonds is 1. The van der Waals surface area contributed by atoms with Gasteiger partial charge in [0.05, 0.1) is 4.67 Å². The molecule has 0 rings (SSSR count). The summed E-state index contributed by atoms with van der Waals surface area (Å²) in [5, 5.41) is 0. The Labute approximate surface area is 67.5 Å². The van der Waals surface area contributed by atoms with Crippen LogP contribution in [0.2, 0.25) is 0 Å². The van der Waals surface area contributed by atoms with Crippen molar-refractivity contribution < 1.29 is 0 Å². The predicted molar refractivity (Wildman–Crippen MR) is 52.7 cm³/mol. The van der Waals surface area contributed by atoms with Crippen LogP contribution in [-0.2, 0) is 51.8 Å². The summed E-state index contributed by atoms with van der Waals surface area (Å²) in [5.41, 5.74) is 0. The maximum atomic E-state index is 4.69. The molecule has 0 fully saturated rings. The van der Waals surface area contributed by atoms with Gasteiger partial charge in [0.1, 0.15) is 0 Å². The molecule has 0 aromatic carbocycles. The number of hydrogen-bond acceptors (Lipinski definition) is 4. The van der Waals surface area contributed by atoms with Gasteiger partial charge >= 0.3 is 0 Å². The van der Waals surface area contributed by atoms with Crippen molar-refractivity contribution in [2.24, 2.45) is 0 Å². The first-order valence-electron chi connectivity index (χ1n) is 1.06. The van der Waals surface area contributed by atoms with E-state index in [2.05, 4.69) is 35.3 Å². The first-order chi connectivity index (χ1) is 2.94. The van der Waals surface area contributed by atoms with Gasteiger partial charge in [-0.3, -0.25) is 0 Å². The highest BCUT2D eigenvalue weighted by Crippen LogP contribution is 2.21. The summed E-state index contributed by atoms with van der Waals surface area (Å²) in [6.07, 6.45) is 0. The average molecular weight is 224 g/mol. The second-order valence-corrected chi connectivity index (χ2v) is 18.1. The van der Waals surface area contributed by atoms with Crippen LogP contribution in [0.4, 0.5) is 0 Å². The lowest BCUT2D eigenvalue weighted by Gasteiger charge is -1.84. The molecule has 0 radical (unpaired) electrons. The lowest BCUT2D eigenvalue weighted by molar-refractivity contribution is 5.41. The minimum Gasteiger partial charge on any atom is -0.0936 e. The van der Waals surface area contributed by atoms with E-state index in [1.54, 1.807) is 0 Å². The molecule has 0 saturated carbocycles. The van der Waals surface area contributed by atoms with Gasteiger partial charge in [0, 0.05) is 5.80 Å². The molecule has 0 spiro atoms. The lowest BCUT2D eigenvalue weighted by Crippen LogP contribution is -1.61. The van der Waals surface area contributed by atoms with E-state index < -0.39 is 10.5 Å². The fraction of sp³-hybridized carbons (Fsp3) is 0. The van der Waals surface area contributed by atoms with Crippen molar-refractivity contribution in [2.75, 3.05) is 0 Å². The maximum Gasteiger partial charge on any atom is 0.0867 e. The molecule has 7 heavy (non-hydrogen) atoms. The third-order valence-electron chi connectivity index (χ3n) is 0.188. The van der Waals surface area contributed by atoms with Crippen LogP contribution < -0.4 is 0 Å². The van der Waals surface area contributed by atoms with Gasteiger partial charge in [-0.05, 0) is 46.0 Å². The van der Waals surface area contributed by atoms with E-state index in [9.17, 15) is 0 Å². The van der Waals surface area contributed by atoms with Gasteiger partial charge in [0.2, 0.25) is 0 Å². The van der Waals surface area contributed by atoms with E-state index >= 15 is 0 Å². The van der Waals surface area contributed by atoms with E-state index in [0.29, 0.717) is 0 Å². The summed E-state index contributed by atoms with van der Waals surface area (Å²) in [4.78, 5) is 0. The Kier molecular flexibility index (Phi) is 4.00. The van der Waals surface area contributed by atoms with Crippen LogP contribution in [0.1, 0.15) is 0 Å². The Morgan fingerprint density at radius 1 is 1.29 bits per heavy atom. The van der Waals surface area contributed by atoms with Crippen LogP contribution >= 0.6 is 16.3 Å². The van der Waals surface area contributed by atoms with Gasteiger partial charge in [-0.15, -0.1) is 0 Å². The third kappa shape index (κ3) is 4.39. The molecule has 0 atom stereocenters. The summed E-state index contributed by atoms with van der Waals surface area (Å²) < 4.78 is -0.998. The molecular formula is HPS6. The molecule has 0 unspecified atom stereocenters. The minimum absolute atomic E-state index is 0.998. The smallest absolute Gasteiger partial charge is 0.0867 e. The third-order valence-corrected chi connectivity index (χ3v) is 15.3. The van der Waals surface area contributed by atoms with Crippen molar-refractivity contribution in [1.82, 2.24) is 0 Å². The highest BCUT2D eigenvalue weighted by molar-refractivity contribution is 9.16. The highest BCUT2D eigenvalue weighted by Gasteiger charge is 1.86.